The lowest BCUT2D eigenvalue weighted by molar-refractivity contribution is 0.541. The lowest BCUT2D eigenvalue weighted by Gasteiger charge is -2.18. The highest BCUT2D eigenvalue weighted by Gasteiger charge is 2.22. The Hall–Kier alpha value is -0.910. The number of nitrogens with two attached hydrogens (primary N) is 1. The van der Waals surface area contributed by atoms with Crippen LogP contribution < -0.4 is 10.5 Å². The van der Waals surface area contributed by atoms with E-state index in [9.17, 15) is 8.42 Å². The predicted molar refractivity (Wildman–Crippen MR) is 74.1 cm³/mol. The van der Waals surface area contributed by atoms with Crippen molar-refractivity contribution in [3.8, 4) is 0 Å². The van der Waals surface area contributed by atoms with E-state index in [4.69, 9.17) is 5.73 Å². The van der Waals surface area contributed by atoms with E-state index in [-0.39, 0.29) is 6.04 Å². The summed E-state index contributed by atoms with van der Waals surface area (Å²) in [5.74, 6) is 0. The largest absolute Gasteiger partial charge is 0.329 e. The number of aryl methyl sites for hydroxylation is 3. The molecular weight excluding hydrogens is 248 g/mol. The van der Waals surface area contributed by atoms with E-state index in [1.54, 1.807) is 0 Å². The average molecular weight is 270 g/mol. The molecular formula is C13H22N2O2S. The van der Waals surface area contributed by atoms with Crippen LogP contribution in [-0.4, -0.2) is 21.0 Å². The Morgan fingerprint density at radius 3 is 2.11 bits per heavy atom. The third-order valence-corrected chi connectivity index (χ3v) is 4.80. The first-order valence-corrected chi connectivity index (χ1v) is 7.60. The van der Waals surface area contributed by atoms with Crippen molar-refractivity contribution in [2.75, 3.05) is 6.54 Å². The second kappa shape index (κ2) is 5.82. The van der Waals surface area contributed by atoms with Gasteiger partial charge in [0.05, 0.1) is 4.90 Å². The molecule has 1 rings (SSSR count). The maximum absolute atomic E-state index is 12.3. The Bertz CT molecular complexity index is 497. The van der Waals surface area contributed by atoms with Gasteiger partial charge in [0.2, 0.25) is 10.0 Å². The zero-order chi connectivity index (χ0) is 13.9. The highest BCUT2D eigenvalue weighted by Crippen LogP contribution is 2.21. The van der Waals surface area contributed by atoms with Crippen molar-refractivity contribution in [1.82, 2.24) is 4.72 Å². The zero-order valence-corrected chi connectivity index (χ0v) is 12.3. The Labute approximate surface area is 110 Å². The van der Waals surface area contributed by atoms with Crippen LogP contribution in [0.5, 0.6) is 0 Å². The molecule has 1 atom stereocenters. The molecule has 4 nitrogen and oxygen atoms in total. The van der Waals surface area contributed by atoms with Gasteiger partial charge >= 0.3 is 0 Å². The second-order valence-electron chi connectivity index (χ2n) is 4.69. The number of hydrogen-bond donors (Lipinski definition) is 2. The molecule has 18 heavy (non-hydrogen) atoms. The molecule has 1 unspecified atom stereocenters. The van der Waals surface area contributed by atoms with Gasteiger partial charge in [0.25, 0.3) is 0 Å². The molecule has 102 valence electrons. The number of nitrogens with one attached hydrogen (secondary N) is 1. The van der Waals surface area contributed by atoms with Gasteiger partial charge in [0, 0.05) is 12.6 Å². The quantitative estimate of drug-likeness (QED) is 0.854. The van der Waals surface area contributed by atoms with E-state index in [0.29, 0.717) is 17.9 Å². The van der Waals surface area contributed by atoms with Gasteiger partial charge in [-0.15, -0.1) is 0 Å². The highest BCUT2D eigenvalue weighted by molar-refractivity contribution is 7.89. The van der Waals surface area contributed by atoms with Crippen LogP contribution in [0.3, 0.4) is 0 Å². The summed E-state index contributed by atoms with van der Waals surface area (Å²) in [6.07, 6.45) is 0.680. The summed E-state index contributed by atoms with van der Waals surface area (Å²) in [5.41, 5.74) is 8.15. The summed E-state index contributed by atoms with van der Waals surface area (Å²) in [4.78, 5) is 0.375. The van der Waals surface area contributed by atoms with Crippen molar-refractivity contribution in [3.05, 3.63) is 28.8 Å². The summed E-state index contributed by atoms with van der Waals surface area (Å²) >= 11 is 0. The van der Waals surface area contributed by atoms with Crippen molar-refractivity contribution >= 4 is 10.0 Å². The first kappa shape index (κ1) is 15.1. The average Bonchev–Trinajstić information content (AvgIpc) is 2.23. The zero-order valence-electron chi connectivity index (χ0n) is 11.4. The molecule has 0 saturated heterocycles. The monoisotopic (exact) mass is 270 g/mol. The fraction of sp³-hybridized carbons (Fsp3) is 0.538. The highest BCUT2D eigenvalue weighted by atomic mass is 32.2. The summed E-state index contributed by atoms with van der Waals surface area (Å²) in [6, 6.07) is 3.55. The van der Waals surface area contributed by atoms with Gasteiger partial charge in [0.15, 0.2) is 0 Å². The molecule has 0 saturated carbocycles. The standard InChI is InChI=1S/C13H22N2O2S/c1-5-12(8-14)15-18(16,17)13-10(3)6-9(2)7-11(13)4/h6-7,12,15H,5,8,14H2,1-4H3. The molecule has 0 aromatic heterocycles. The third-order valence-electron chi connectivity index (χ3n) is 2.97. The second-order valence-corrected chi connectivity index (χ2v) is 6.34. The molecule has 0 amide bonds. The van der Waals surface area contributed by atoms with Gasteiger partial charge in [-0.1, -0.05) is 24.6 Å². The fourth-order valence-electron chi connectivity index (χ4n) is 2.17. The number of benzene rings is 1. The molecule has 0 heterocycles. The van der Waals surface area contributed by atoms with Crippen LogP contribution in [0.4, 0.5) is 0 Å². The van der Waals surface area contributed by atoms with Crippen LogP contribution in [-0.2, 0) is 10.0 Å². The van der Waals surface area contributed by atoms with E-state index < -0.39 is 10.0 Å². The van der Waals surface area contributed by atoms with Gasteiger partial charge in [-0.05, 0) is 38.3 Å². The summed E-state index contributed by atoms with van der Waals surface area (Å²) in [5, 5.41) is 0. The van der Waals surface area contributed by atoms with E-state index >= 15 is 0 Å². The Morgan fingerprint density at radius 1 is 1.22 bits per heavy atom. The van der Waals surface area contributed by atoms with Gasteiger partial charge < -0.3 is 5.73 Å². The van der Waals surface area contributed by atoms with Crippen LogP contribution in [0, 0.1) is 20.8 Å². The Kier molecular flexibility index (Phi) is 4.90. The molecule has 0 bridgehead atoms. The van der Waals surface area contributed by atoms with Crippen LogP contribution in [0.2, 0.25) is 0 Å². The van der Waals surface area contributed by atoms with E-state index in [0.717, 1.165) is 16.7 Å². The Morgan fingerprint density at radius 2 is 1.72 bits per heavy atom. The lowest BCUT2D eigenvalue weighted by Crippen LogP contribution is -2.40. The predicted octanol–water partition coefficient (Wildman–Crippen LogP) is 1.63. The lowest BCUT2D eigenvalue weighted by atomic mass is 10.1. The number of sulfonamides is 1. The van der Waals surface area contributed by atoms with Gasteiger partial charge in [-0.2, -0.15) is 0 Å². The first-order chi connectivity index (χ1) is 8.31. The van der Waals surface area contributed by atoms with Crippen molar-refractivity contribution in [2.45, 2.75) is 45.1 Å². The molecule has 0 radical (unpaired) electrons. The molecule has 0 aliphatic heterocycles. The SMILES string of the molecule is CCC(CN)NS(=O)(=O)c1c(C)cc(C)cc1C. The maximum atomic E-state index is 12.3. The summed E-state index contributed by atoms with van der Waals surface area (Å²) in [6.45, 7) is 7.81. The first-order valence-electron chi connectivity index (χ1n) is 6.12. The third kappa shape index (κ3) is 3.31. The van der Waals surface area contributed by atoms with Crippen LogP contribution in [0.15, 0.2) is 17.0 Å². The molecule has 0 fully saturated rings. The molecule has 5 heteroatoms. The van der Waals surface area contributed by atoms with Gasteiger partial charge in [-0.25, -0.2) is 13.1 Å². The van der Waals surface area contributed by atoms with Crippen LogP contribution in [0.25, 0.3) is 0 Å². The molecule has 0 aliphatic carbocycles. The van der Waals surface area contributed by atoms with E-state index in [1.165, 1.54) is 0 Å². The number of rotatable bonds is 5. The molecule has 1 aromatic rings. The minimum atomic E-state index is -3.49. The van der Waals surface area contributed by atoms with E-state index in [2.05, 4.69) is 4.72 Å². The van der Waals surface area contributed by atoms with Crippen LogP contribution in [0.1, 0.15) is 30.0 Å². The molecule has 0 spiro atoms. The number of hydrogen-bond acceptors (Lipinski definition) is 3. The van der Waals surface area contributed by atoms with Gasteiger partial charge in [-0.3, -0.25) is 0 Å². The molecule has 0 aliphatic rings. The smallest absolute Gasteiger partial charge is 0.241 e. The normalized spacial score (nSPS) is 13.6. The minimum absolute atomic E-state index is 0.213. The minimum Gasteiger partial charge on any atom is -0.329 e. The van der Waals surface area contributed by atoms with Crippen molar-refractivity contribution in [1.29, 1.82) is 0 Å². The Balaban J connectivity index is 3.21. The topological polar surface area (TPSA) is 72.2 Å². The molecule has 1 aromatic carbocycles. The maximum Gasteiger partial charge on any atom is 0.241 e. The van der Waals surface area contributed by atoms with Crippen molar-refractivity contribution < 1.29 is 8.42 Å². The fourth-order valence-corrected chi connectivity index (χ4v) is 3.95. The van der Waals surface area contributed by atoms with Crippen molar-refractivity contribution in [3.63, 3.8) is 0 Å². The summed E-state index contributed by atoms with van der Waals surface area (Å²) < 4.78 is 27.4. The van der Waals surface area contributed by atoms with Gasteiger partial charge in [0.1, 0.15) is 0 Å². The van der Waals surface area contributed by atoms with Crippen LogP contribution >= 0.6 is 0 Å². The van der Waals surface area contributed by atoms with E-state index in [1.807, 2.05) is 39.8 Å². The summed E-state index contributed by atoms with van der Waals surface area (Å²) in [7, 11) is -3.49. The van der Waals surface area contributed by atoms with Crippen molar-refractivity contribution in [2.24, 2.45) is 5.73 Å². The molecule has 3 N–H and O–H groups in total.